The number of esters is 1. The van der Waals surface area contributed by atoms with Gasteiger partial charge in [0.15, 0.2) is 6.29 Å². The fourth-order valence-corrected chi connectivity index (χ4v) is 7.04. The highest BCUT2D eigenvalue weighted by Crippen LogP contribution is 2.26. The lowest BCUT2D eigenvalue weighted by Crippen LogP contribution is -2.60. The minimum atomic E-state index is -5.07. The maximum Gasteiger partial charge on any atom is 0.397 e. The molecule has 0 aromatic rings. The maximum absolute atomic E-state index is 12.8. The molecule has 6 atom stereocenters. The van der Waals surface area contributed by atoms with Gasteiger partial charge < -0.3 is 34.3 Å². The van der Waals surface area contributed by atoms with Crippen molar-refractivity contribution in [1.29, 1.82) is 0 Å². The molecule has 1 heterocycles. The highest BCUT2D eigenvalue weighted by molar-refractivity contribution is 7.80. The number of unbranched alkanes of at least 4 members (excludes halogenated alkanes) is 12. The van der Waals surface area contributed by atoms with E-state index < -0.39 is 59.8 Å². The first kappa shape index (κ1) is 57.3. The first-order valence-electron chi connectivity index (χ1n) is 23.3. The standard InChI is InChI=1S/C49H82O12S/c1-3-5-7-9-11-13-15-16-17-18-19-20-21-22-23-24-25-26-27-29-31-33-35-37-39-57-41-43(59-45(51)38-36-34-32-30-28-14-12-10-8-6-4-2)42-58-49-47(53)48(61-62(54,55)56)46(52)44(40-50)60-49/h5,7,11,13,16-17,19-20,22-23,25-26,29,31,43-44,46-50,52-53H,3-4,6,8-10,12,14-15,18,21,24,27-28,30,32-42H2,1-2H3,(H,54,55,56)/b7-5-,13-11-,17-16-,20-19-,23-22-,26-25-,31-29-. The van der Waals surface area contributed by atoms with Crippen LogP contribution >= 0.6 is 0 Å². The van der Waals surface area contributed by atoms with Gasteiger partial charge in [-0.3, -0.25) is 9.35 Å². The number of aliphatic hydroxyl groups excluding tert-OH is 3. The molecule has 4 N–H and O–H groups in total. The largest absolute Gasteiger partial charge is 0.457 e. The average molecular weight is 895 g/mol. The molecule has 0 radical (unpaired) electrons. The predicted molar refractivity (Wildman–Crippen MR) is 248 cm³/mol. The highest BCUT2D eigenvalue weighted by Gasteiger charge is 2.48. The van der Waals surface area contributed by atoms with Crippen LogP contribution in [-0.4, -0.2) is 97.5 Å². The Hall–Kier alpha value is -2.72. The lowest BCUT2D eigenvalue weighted by molar-refractivity contribution is -0.301. The molecule has 12 nitrogen and oxygen atoms in total. The van der Waals surface area contributed by atoms with E-state index in [9.17, 15) is 28.5 Å². The van der Waals surface area contributed by atoms with Crippen LogP contribution in [0.1, 0.15) is 155 Å². The summed E-state index contributed by atoms with van der Waals surface area (Å²) in [5.41, 5.74) is 0. The summed E-state index contributed by atoms with van der Waals surface area (Å²) in [4.78, 5) is 12.8. The number of rotatable bonds is 39. The van der Waals surface area contributed by atoms with Crippen molar-refractivity contribution < 1.29 is 56.2 Å². The van der Waals surface area contributed by atoms with Crippen LogP contribution in [0.25, 0.3) is 0 Å². The number of hydrogen-bond acceptors (Lipinski definition) is 11. The molecule has 1 saturated heterocycles. The third-order valence-corrected chi connectivity index (χ3v) is 10.5. The fraction of sp³-hybridized carbons (Fsp3) is 0.694. The lowest BCUT2D eigenvalue weighted by Gasteiger charge is -2.41. The zero-order valence-corrected chi connectivity index (χ0v) is 38.7. The van der Waals surface area contributed by atoms with Crippen molar-refractivity contribution >= 4 is 16.4 Å². The van der Waals surface area contributed by atoms with E-state index in [1.54, 1.807) is 0 Å². The van der Waals surface area contributed by atoms with Gasteiger partial charge in [-0.15, -0.1) is 0 Å². The van der Waals surface area contributed by atoms with Crippen LogP contribution in [0.15, 0.2) is 85.1 Å². The van der Waals surface area contributed by atoms with E-state index in [0.717, 1.165) is 83.5 Å². The van der Waals surface area contributed by atoms with Gasteiger partial charge in [-0.1, -0.05) is 163 Å². The summed E-state index contributed by atoms with van der Waals surface area (Å²) in [5, 5.41) is 30.6. The van der Waals surface area contributed by atoms with Crippen molar-refractivity contribution in [3.8, 4) is 0 Å². The normalized spacial score (nSPS) is 20.8. The molecule has 0 amide bonds. The summed E-state index contributed by atoms with van der Waals surface area (Å²) < 4.78 is 59.0. The number of aliphatic hydroxyl groups is 3. The molecular formula is C49H82O12S. The second kappa shape index (κ2) is 39.8. The van der Waals surface area contributed by atoms with Gasteiger partial charge in [-0.2, -0.15) is 8.42 Å². The van der Waals surface area contributed by atoms with Crippen LogP contribution in [0.2, 0.25) is 0 Å². The molecule has 1 aliphatic rings. The zero-order chi connectivity index (χ0) is 45.4. The quantitative estimate of drug-likeness (QED) is 0.0199. The molecule has 6 unspecified atom stereocenters. The molecule has 1 rings (SSSR count). The predicted octanol–water partition coefficient (Wildman–Crippen LogP) is 10.1. The first-order chi connectivity index (χ1) is 30.1. The summed E-state index contributed by atoms with van der Waals surface area (Å²) in [5.74, 6) is -0.420. The SMILES string of the molecule is CC/C=C\C/C=C\C/C=C\C/C=C\C/C=C\C/C=C\C/C=C\CCCCOCC(COC1OC(CO)C(O)C(OS(=O)(=O)O)C1O)OC(=O)CCCCCCCCCCCCC. The molecule has 0 aromatic carbocycles. The molecule has 0 aliphatic carbocycles. The minimum absolute atomic E-state index is 0.00232. The van der Waals surface area contributed by atoms with Crippen LogP contribution in [0.4, 0.5) is 0 Å². The maximum atomic E-state index is 12.8. The number of hydrogen-bond donors (Lipinski definition) is 4. The van der Waals surface area contributed by atoms with Gasteiger partial charge in [0.25, 0.3) is 0 Å². The molecule has 0 aromatic heterocycles. The van der Waals surface area contributed by atoms with Gasteiger partial charge in [0.05, 0.1) is 19.8 Å². The minimum Gasteiger partial charge on any atom is -0.457 e. The van der Waals surface area contributed by atoms with E-state index in [2.05, 4.69) is 103 Å². The van der Waals surface area contributed by atoms with Crippen molar-refractivity contribution in [3.63, 3.8) is 0 Å². The third-order valence-electron chi connectivity index (χ3n) is 10.0. The molecule has 1 fully saturated rings. The summed E-state index contributed by atoms with van der Waals surface area (Å²) in [6, 6.07) is 0. The van der Waals surface area contributed by atoms with E-state index in [1.807, 2.05) is 0 Å². The van der Waals surface area contributed by atoms with Crippen LogP contribution in [0.3, 0.4) is 0 Å². The van der Waals surface area contributed by atoms with Gasteiger partial charge in [0.2, 0.25) is 0 Å². The molecule has 13 heteroatoms. The van der Waals surface area contributed by atoms with Gasteiger partial charge >= 0.3 is 16.4 Å². The number of ether oxygens (including phenoxy) is 4. The van der Waals surface area contributed by atoms with E-state index in [-0.39, 0.29) is 19.6 Å². The Bertz CT molecular complexity index is 1400. The topological polar surface area (TPSA) is 178 Å². The monoisotopic (exact) mass is 895 g/mol. The van der Waals surface area contributed by atoms with E-state index in [0.29, 0.717) is 13.0 Å². The molecule has 0 saturated carbocycles. The van der Waals surface area contributed by atoms with Crippen LogP contribution in [0, 0.1) is 0 Å². The van der Waals surface area contributed by atoms with Gasteiger partial charge in [-0.05, 0) is 70.6 Å². The summed E-state index contributed by atoms with van der Waals surface area (Å²) in [6.45, 7) is 3.73. The van der Waals surface area contributed by atoms with Gasteiger partial charge in [0.1, 0.15) is 30.5 Å². The molecule has 0 bridgehead atoms. The van der Waals surface area contributed by atoms with Crippen molar-refractivity contribution in [2.75, 3.05) is 26.4 Å². The molecule has 62 heavy (non-hydrogen) atoms. The summed E-state index contributed by atoms with van der Waals surface area (Å²) in [7, 11) is -5.07. The van der Waals surface area contributed by atoms with Crippen molar-refractivity contribution in [1.82, 2.24) is 0 Å². The van der Waals surface area contributed by atoms with E-state index >= 15 is 0 Å². The molecular weight excluding hydrogens is 813 g/mol. The Labute approximate surface area is 374 Å². The van der Waals surface area contributed by atoms with Crippen molar-refractivity contribution in [2.24, 2.45) is 0 Å². The van der Waals surface area contributed by atoms with Gasteiger partial charge in [-0.25, -0.2) is 4.18 Å². The lowest BCUT2D eigenvalue weighted by atomic mass is 9.99. The van der Waals surface area contributed by atoms with Crippen molar-refractivity contribution in [2.45, 2.75) is 192 Å². The zero-order valence-electron chi connectivity index (χ0n) is 37.9. The third kappa shape index (κ3) is 32.9. The Kier molecular flexibility index (Phi) is 36.8. The number of carbonyl (C=O) groups is 1. The average Bonchev–Trinajstić information content (AvgIpc) is 3.24. The fourth-order valence-electron chi connectivity index (χ4n) is 6.53. The molecule has 356 valence electrons. The Morgan fingerprint density at radius 1 is 0.629 bits per heavy atom. The Morgan fingerprint density at radius 2 is 1.11 bits per heavy atom. The Morgan fingerprint density at radius 3 is 1.60 bits per heavy atom. The van der Waals surface area contributed by atoms with Crippen LogP contribution < -0.4 is 0 Å². The van der Waals surface area contributed by atoms with Gasteiger partial charge in [0, 0.05) is 13.0 Å². The second-order valence-electron chi connectivity index (χ2n) is 15.6. The summed E-state index contributed by atoms with van der Waals surface area (Å²) in [6.07, 6.45) is 43.4. The molecule has 0 spiro atoms. The van der Waals surface area contributed by atoms with Crippen molar-refractivity contribution in [3.05, 3.63) is 85.1 Å². The van der Waals surface area contributed by atoms with E-state index in [1.165, 1.54) is 44.9 Å². The summed E-state index contributed by atoms with van der Waals surface area (Å²) >= 11 is 0. The smallest absolute Gasteiger partial charge is 0.397 e. The second-order valence-corrected chi connectivity index (χ2v) is 16.7. The number of carbonyl (C=O) groups excluding carboxylic acids is 1. The Balaban J connectivity index is 2.42. The molecule has 1 aliphatic heterocycles. The van der Waals surface area contributed by atoms with E-state index in [4.69, 9.17) is 23.5 Å². The highest BCUT2D eigenvalue weighted by atomic mass is 32.3. The van der Waals surface area contributed by atoms with Crippen LogP contribution in [-0.2, 0) is 38.3 Å². The number of allylic oxidation sites excluding steroid dienone is 14. The van der Waals surface area contributed by atoms with Crippen LogP contribution in [0.5, 0.6) is 0 Å². The first-order valence-corrected chi connectivity index (χ1v) is 24.7.